The summed E-state index contributed by atoms with van der Waals surface area (Å²) in [6.45, 7) is 5.73. The molecule has 0 unspecified atom stereocenters. The Morgan fingerprint density at radius 1 is 1.33 bits per heavy atom. The van der Waals surface area contributed by atoms with Gasteiger partial charge in [-0.25, -0.2) is 0 Å². The van der Waals surface area contributed by atoms with Crippen LogP contribution in [-0.4, -0.2) is 21.9 Å². The molecule has 0 spiro atoms. The zero-order valence-electron chi connectivity index (χ0n) is 8.51. The van der Waals surface area contributed by atoms with Crippen LogP contribution in [0.4, 0.5) is 0 Å². The Kier molecular flexibility index (Phi) is 5.51. The summed E-state index contributed by atoms with van der Waals surface area (Å²) in [5, 5.41) is 18.8. The maximum Gasteiger partial charge on any atom is 0.0620 e. The topological polar surface area (TPSA) is 40.5 Å². The van der Waals surface area contributed by atoms with Crippen molar-refractivity contribution in [3.8, 4) is 0 Å². The molecule has 0 saturated carbocycles. The molecule has 0 aromatic rings. The Labute approximate surface area is 75.6 Å². The van der Waals surface area contributed by atoms with Crippen molar-refractivity contribution in [1.29, 1.82) is 0 Å². The first-order valence-corrected chi connectivity index (χ1v) is 4.88. The largest absolute Gasteiger partial charge is 0.393 e. The summed E-state index contributed by atoms with van der Waals surface area (Å²) in [6.07, 6.45) is 4.12. The third-order valence-corrected chi connectivity index (χ3v) is 2.17. The van der Waals surface area contributed by atoms with Gasteiger partial charge in [-0.05, 0) is 33.1 Å². The van der Waals surface area contributed by atoms with Crippen molar-refractivity contribution >= 4 is 0 Å². The third kappa shape index (κ3) is 6.62. The van der Waals surface area contributed by atoms with E-state index in [0.29, 0.717) is 12.8 Å². The molecule has 0 rings (SSSR count). The van der Waals surface area contributed by atoms with Crippen molar-refractivity contribution in [3.05, 3.63) is 0 Å². The van der Waals surface area contributed by atoms with Crippen molar-refractivity contribution < 1.29 is 10.2 Å². The monoisotopic (exact) mass is 174 g/mol. The Balaban J connectivity index is 3.56. The van der Waals surface area contributed by atoms with Crippen molar-refractivity contribution in [2.45, 2.75) is 64.6 Å². The number of aliphatic hydroxyl groups excluding tert-OH is 1. The summed E-state index contributed by atoms with van der Waals surface area (Å²) in [4.78, 5) is 0. The minimum atomic E-state index is -0.576. The summed E-state index contributed by atoms with van der Waals surface area (Å²) in [7, 11) is 0. The van der Waals surface area contributed by atoms with Gasteiger partial charge < -0.3 is 10.2 Å². The average Bonchev–Trinajstić information content (AvgIpc) is 1.98. The molecule has 0 fully saturated rings. The second-order valence-electron chi connectivity index (χ2n) is 3.99. The highest BCUT2D eigenvalue weighted by Crippen LogP contribution is 2.20. The van der Waals surface area contributed by atoms with Crippen LogP contribution in [0.1, 0.15) is 52.9 Å². The molecule has 12 heavy (non-hydrogen) atoms. The maximum atomic E-state index is 9.78. The van der Waals surface area contributed by atoms with Gasteiger partial charge in [0.1, 0.15) is 0 Å². The molecule has 0 saturated heterocycles. The van der Waals surface area contributed by atoms with E-state index in [4.69, 9.17) is 5.11 Å². The SMILES string of the molecule is CCCC[C@@](C)(O)CC[C@@H](C)O. The van der Waals surface area contributed by atoms with Crippen LogP contribution in [-0.2, 0) is 0 Å². The summed E-state index contributed by atoms with van der Waals surface area (Å²) in [5.74, 6) is 0. The van der Waals surface area contributed by atoms with E-state index in [1.54, 1.807) is 6.92 Å². The zero-order valence-corrected chi connectivity index (χ0v) is 8.51. The minimum Gasteiger partial charge on any atom is -0.393 e. The van der Waals surface area contributed by atoms with E-state index < -0.39 is 5.60 Å². The van der Waals surface area contributed by atoms with Gasteiger partial charge in [-0.15, -0.1) is 0 Å². The van der Waals surface area contributed by atoms with Gasteiger partial charge in [-0.1, -0.05) is 19.8 Å². The molecule has 0 aliphatic carbocycles. The Hall–Kier alpha value is -0.0800. The van der Waals surface area contributed by atoms with Gasteiger partial charge in [0.15, 0.2) is 0 Å². The first kappa shape index (κ1) is 11.9. The normalized spacial score (nSPS) is 18.8. The van der Waals surface area contributed by atoms with Crippen LogP contribution in [0.15, 0.2) is 0 Å². The third-order valence-electron chi connectivity index (χ3n) is 2.17. The van der Waals surface area contributed by atoms with Crippen molar-refractivity contribution in [2.24, 2.45) is 0 Å². The van der Waals surface area contributed by atoms with Gasteiger partial charge in [-0.2, -0.15) is 0 Å². The van der Waals surface area contributed by atoms with Gasteiger partial charge >= 0.3 is 0 Å². The summed E-state index contributed by atoms with van der Waals surface area (Å²) >= 11 is 0. The van der Waals surface area contributed by atoms with Crippen LogP contribution in [0.3, 0.4) is 0 Å². The van der Waals surface area contributed by atoms with Crippen molar-refractivity contribution in [3.63, 3.8) is 0 Å². The van der Waals surface area contributed by atoms with E-state index in [1.165, 1.54) is 0 Å². The number of unbranched alkanes of at least 4 members (excludes halogenated alkanes) is 1. The van der Waals surface area contributed by atoms with Gasteiger partial charge in [-0.3, -0.25) is 0 Å². The molecular formula is C10H22O2. The first-order valence-electron chi connectivity index (χ1n) is 4.88. The molecule has 74 valence electrons. The second kappa shape index (κ2) is 5.55. The lowest BCUT2D eigenvalue weighted by Gasteiger charge is -2.23. The molecule has 0 amide bonds. The molecule has 2 atom stereocenters. The first-order chi connectivity index (χ1) is 5.48. The van der Waals surface area contributed by atoms with E-state index in [0.717, 1.165) is 19.3 Å². The highest BCUT2D eigenvalue weighted by atomic mass is 16.3. The summed E-state index contributed by atoms with van der Waals surface area (Å²) < 4.78 is 0. The molecule has 0 aromatic heterocycles. The minimum absolute atomic E-state index is 0.293. The van der Waals surface area contributed by atoms with E-state index in [9.17, 15) is 5.11 Å². The molecule has 0 bridgehead atoms. The molecule has 2 N–H and O–H groups in total. The van der Waals surface area contributed by atoms with Crippen molar-refractivity contribution in [2.75, 3.05) is 0 Å². The number of rotatable bonds is 6. The van der Waals surface area contributed by atoms with Gasteiger partial charge in [0.25, 0.3) is 0 Å². The van der Waals surface area contributed by atoms with Crippen LogP contribution in [0.2, 0.25) is 0 Å². The zero-order chi connectivity index (χ0) is 9.61. The summed E-state index contributed by atoms with van der Waals surface area (Å²) in [6, 6.07) is 0. The van der Waals surface area contributed by atoms with E-state index in [2.05, 4.69) is 6.92 Å². The fraction of sp³-hybridized carbons (Fsp3) is 1.00. The lowest BCUT2D eigenvalue weighted by atomic mass is 9.93. The Morgan fingerprint density at radius 2 is 1.92 bits per heavy atom. The van der Waals surface area contributed by atoms with Gasteiger partial charge in [0.05, 0.1) is 11.7 Å². The molecule has 0 aliphatic heterocycles. The molecular weight excluding hydrogens is 152 g/mol. The van der Waals surface area contributed by atoms with E-state index in [1.807, 2.05) is 6.92 Å². The Bertz CT molecular complexity index is 108. The van der Waals surface area contributed by atoms with Gasteiger partial charge in [0.2, 0.25) is 0 Å². The number of hydrogen-bond acceptors (Lipinski definition) is 2. The van der Waals surface area contributed by atoms with E-state index in [-0.39, 0.29) is 6.10 Å². The molecule has 2 nitrogen and oxygen atoms in total. The quantitative estimate of drug-likeness (QED) is 0.647. The Morgan fingerprint density at radius 3 is 2.33 bits per heavy atom. The average molecular weight is 174 g/mol. The van der Waals surface area contributed by atoms with Crippen LogP contribution < -0.4 is 0 Å². The highest BCUT2D eigenvalue weighted by Gasteiger charge is 2.19. The van der Waals surface area contributed by atoms with Crippen LogP contribution in [0.25, 0.3) is 0 Å². The predicted molar refractivity (Wildman–Crippen MR) is 51.1 cm³/mol. The molecule has 0 radical (unpaired) electrons. The predicted octanol–water partition coefficient (Wildman–Crippen LogP) is 2.09. The standard InChI is InChI=1S/C10H22O2/c1-4-5-7-10(3,12)8-6-9(2)11/h9,11-12H,4-8H2,1-3H3/t9-,10-/m1/s1. The lowest BCUT2D eigenvalue weighted by Crippen LogP contribution is -2.25. The smallest absolute Gasteiger partial charge is 0.0620 e. The van der Waals surface area contributed by atoms with Crippen molar-refractivity contribution in [1.82, 2.24) is 0 Å². The fourth-order valence-corrected chi connectivity index (χ4v) is 1.20. The van der Waals surface area contributed by atoms with Gasteiger partial charge in [0, 0.05) is 0 Å². The fourth-order valence-electron chi connectivity index (χ4n) is 1.20. The maximum absolute atomic E-state index is 9.78. The lowest BCUT2D eigenvalue weighted by molar-refractivity contribution is 0.0250. The number of hydrogen-bond donors (Lipinski definition) is 2. The molecule has 2 heteroatoms. The van der Waals surface area contributed by atoms with E-state index >= 15 is 0 Å². The second-order valence-corrected chi connectivity index (χ2v) is 3.99. The van der Waals surface area contributed by atoms with Crippen LogP contribution in [0, 0.1) is 0 Å². The molecule has 0 aliphatic rings. The van der Waals surface area contributed by atoms with Crippen LogP contribution in [0.5, 0.6) is 0 Å². The number of aliphatic hydroxyl groups is 2. The molecule has 0 aromatic carbocycles. The van der Waals surface area contributed by atoms with Crippen LogP contribution >= 0.6 is 0 Å². The highest BCUT2D eigenvalue weighted by molar-refractivity contribution is 4.72. The molecule has 0 heterocycles. The summed E-state index contributed by atoms with van der Waals surface area (Å²) in [5.41, 5.74) is -0.576.